The van der Waals surface area contributed by atoms with Gasteiger partial charge in [0.1, 0.15) is 0 Å². The van der Waals surface area contributed by atoms with Crippen LogP contribution in [0.2, 0.25) is 0 Å². The maximum absolute atomic E-state index is 8.28. The van der Waals surface area contributed by atoms with E-state index in [-0.39, 0.29) is 61.3 Å². The van der Waals surface area contributed by atoms with E-state index in [9.17, 15) is 0 Å². The molecule has 0 unspecified atom stereocenters. The average Bonchev–Trinajstić information content (AvgIpc) is 1.00. The Morgan fingerprint density at radius 2 is 1.25 bits per heavy atom. The van der Waals surface area contributed by atoms with Gasteiger partial charge in [-0.05, 0) is 0 Å². The molecule has 4 heavy (non-hydrogen) atoms. The standard InChI is InChI=1S/Ba.ClH.H2OSi.2H/c;;1-2;;/h;1H;2H2;;. The van der Waals surface area contributed by atoms with Gasteiger partial charge in [-0.25, -0.2) is 0 Å². The van der Waals surface area contributed by atoms with E-state index in [1.54, 1.807) is 0 Å². The molecule has 0 saturated heterocycles. The summed E-state index contributed by atoms with van der Waals surface area (Å²) in [5, 5.41) is 0. The Bertz CT molecular complexity index is 8.00. The molecule has 0 aromatic rings. The molecular weight excluding hydrogens is 217 g/mol. The van der Waals surface area contributed by atoms with Crippen LogP contribution in [-0.2, 0) is 4.46 Å². The Labute approximate surface area is 74.5 Å². The van der Waals surface area contributed by atoms with E-state index in [0.29, 0.717) is 10.1 Å². The van der Waals surface area contributed by atoms with Crippen LogP contribution in [0.5, 0.6) is 0 Å². The Kier molecular flexibility index (Phi) is 87.8. The molecule has 0 aromatic heterocycles. The molecule has 0 N–H and O–H groups in total. The Balaban J connectivity index is -0.00000000500. The van der Waals surface area contributed by atoms with Crippen molar-refractivity contribution >= 4 is 71.4 Å². The maximum atomic E-state index is 8.28. The zero-order valence-corrected chi connectivity index (χ0v) is 3.75. The van der Waals surface area contributed by atoms with E-state index in [4.69, 9.17) is 4.46 Å². The monoisotopic (exact) mass is 222 g/mol. The van der Waals surface area contributed by atoms with Gasteiger partial charge in [-0.15, -0.1) is 12.4 Å². The van der Waals surface area contributed by atoms with Gasteiger partial charge < -0.3 is 4.46 Å². The van der Waals surface area contributed by atoms with E-state index in [2.05, 4.69) is 0 Å². The van der Waals surface area contributed by atoms with Crippen LogP contribution in [0.25, 0.3) is 0 Å². The third kappa shape index (κ3) is 9.11. The van der Waals surface area contributed by atoms with Crippen molar-refractivity contribution < 1.29 is 4.46 Å². The van der Waals surface area contributed by atoms with E-state index >= 15 is 0 Å². The molecule has 0 aliphatic heterocycles. The predicted molar refractivity (Wildman–Crippen MR) is 25.0 cm³/mol. The van der Waals surface area contributed by atoms with Gasteiger partial charge in [0, 0.05) is 0 Å². The molecule has 0 spiro atoms. The number of halogens is 1. The SMILES string of the molecule is Cl.O=[SiH2].[BaH2]. The Hall–Kier alpha value is 1.88. The topological polar surface area (TPSA) is 17.1 Å². The van der Waals surface area contributed by atoms with Crippen molar-refractivity contribution in [3.63, 3.8) is 0 Å². The summed E-state index contributed by atoms with van der Waals surface area (Å²) in [6.45, 7) is 0. The number of hydrogen-bond acceptors (Lipinski definition) is 1. The summed E-state index contributed by atoms with van der Waals surface area (Å²) in [7, 11) is 0.611. The fourth-order valence-electron chi connectivity index (χ4n) is 0. The second-order valence-electron chi connectivity index (χ2n) is 0. The molecule has 0 atom stereocenters. The second kappa shape index (κ2) is 20.8. The Morgan fingerprint density at radius 1 is 1.25 bits per heavy atom. The molecule has 0 aromatic carbocycles. The molecule has 0 amide bonds. The summed E-state index contributed by atoms with van der Waals surface area (Å²) in [6, 6.07) is 0. The van der Waals surface area contributed by atoms with Gasteiger partial charge in [-0.3, -0.25) is 0 Å². The van der Waals surface area contributed by atoms with Crippen LogP contribution < -0.4 is 0 Å². The average molecular weight is 222 g/mol. The van der Waals surface area contributed by atoms with Crippen LogP contribution in [0.1, 0.15) is 0 Å². The van der Waals surface area contributed by atoms with Crippen molar-refractivity contribution in [2.75, 3.05) is 0 Å². The molecule has 0 bridgehead atoms. The van der Waals surface area contributed by atoms with Crippen molar-refractivity contribution in [3.8, 4) is 0 Å². The van der Waals surface area contributed by atoms with Crippen LogP contribution in [0.15, 0.2) is 0 Å². The van der Waals surface area contributed by atoms with Gasteiger partial charge in [-0.2, -0.15) is 0 Å². The predicted octanol–water partition coefficient (Wildman–Crippen LogP) is -1.53. The summed E-state index contributed by atoms with van der Waals surface area (Å²) in [6.07, 6.45) is 0. The number of rotatable bonds is 0. The summed E-state index contributed by atoms with van der Waals surface area (Å²) < 4.78 is 8.28. The Morgan fingerprint density at radius 3 is 1.25 bits per heavy atom. The van der Waals surface area contributed by atoms with Crippen molar-refractivity contribution in [2.24, 2.45) is 0 Å². The van der Waals surface area contributed by atoms with Gasteiger partial charge in [0.25, 0.3) is 0 Å². The molecule has 4 heteroatoms. The minimum absolute atomic E-state index is 0. The molecule has 0 aliphatic rings. The quantitative estimate of drug-likeness (QED) is 0.454. The molecule has 0 heterocycles. The number of hydrogen-bond donors (Lipinski definition) is 0. The van der Waals surface area contributed by atoms with E-state index < -0.39 is 0 Å². The molecule has 24 valence electrons. The zero-order valence-electron chi connectivity index (χ0n) is 1.52. The van der Waals surface area contributed by atoms with Crippen molar-refractivity contribution in [3.05, 3.63) is 0 Å². The van der Waals surface area contributed by atoms with Crippen LogP contribution >= 0.6 is 12.4 Å². The zero-order chi connectivity index (χ0) is 2.00. The first-order valence-electron chi connectivity index (χ1n) is 0.289. The molecule has 0 saturated carbocycles. The van der Waals surface area contributed by atoms with Crippen molar-refractivity contribution in [1.29, 1.82) is 0 Å². The molecule has 0 radical (unpaired) electrons. The first-order valence-corrected chi connectivity index (χ1v) is 0.866. The van der Waals surface area contributed by atoms with Crippen LogP contribution in [-0.4, -0.2) is 59.0 Å². The first kappa shape index (κ1) is 16.9. The molecule has 0 rings (SSSR count). The summed E-state index contributed by atoms with van der Waals surface area (Å²) in [4.78, 5) is 0. The van der Waals surface area contributed by atoms with Crippen LogP contribution in [0.3, 0.4) is 0 Å². The second-order valence-corrected chi connectivity index (χ2v) is 0. The van der Waals surface area contributed by atoms with Crippen LogP contribution in [0.4, 0.5) is 0 Å². The third-order valence-electron chi connectivity index (χ3n) is 0. The normalized spacial score (nSPS) is 1.00. The molecular formula is H5BaClOSi. The van der Waals surface area contributed by atoms with Gasteiger partial charge in [-0.1, -0.05) is 0 Å². The summed E-state index contributed by atoms with van der Waals surface area (Å²) in [5.41, 5.74) is 0. The van der Waals surface area contributed by atoms with Gasteiger partial charge in [0.15, 0.2) is 0 Å². The minimum atomic E-state index is 0. The molecule has 0 aliphatic carbocycles. The summed E-state index contributed by atoms with van der Waals surface area (Å²) in [5.74, 6) is 0. The van der Waals surface area contributed by atoms with Gasteiger partial charge >= 0.3 is 48.9 Å². The third-order valence-corrected chi connectivity index (χ3v) is 0. The van der Waals surface area contributed by atoms with Crippen molar-refractivity contribution in [2.45, 2.75) is 0 Å². The van der Waals surface area contributed by atoms with E-state index in [1.807, 2.05) is 0 Å². The van der Waals surface area contributed by atoms with E-state index in [0.717, 1.165) is 0 Å². The first-order chi connectivity index (χ1) is 1.00. The van der Waals surface area contributed by atoms with E-state index in [1.165, 1.54) is 0 Å². The van der Waals surface area contributed by atoms with Crippen molar-refractivity contribution in [1.82, 2.24) is 0 Å². The fourth-order valence-corrected chi connectivity index (χ4v) is 0. The molecule has 1 nitrogen and oxygen atoms in total. The van der Waals surface area contributed by atoms with Gasteiger partial charge in [0.2, 0.25) is 10.1 Å². The summed E-state index contributed by atoms with van der Waals surface area (Å²) >= 11 is 0. The fraction of sp³-hybridized carbons (Fsp3) is 0. The van der Waals surface area contributed by atoms with Crippen LogP contribution in [0, 0.1) is 0 Å². The van der Waals surface area contributed by atoms with Gasteiger partial charge in [0.05, 0.1) is 0 Å². The molecule has 0 fully saturated rings.